The largest absolute Gasteiger partial charge is 0.481 e. The average Bonchev–Trinajstić information content (AvgIpc) is 3.69. The van der Waals surface area contributed by atoms with Gasteiger partial charge in [-0.2, -0.15) is 0 Å². The molecule has 11 heteroatoms. The Balaban J connectivity index is 1.31. The first-order valence-corrected chi connectivity index (χ1v) is 14.7. The van der Waals surface area contributed by atoms with Gasteiger partial charge in [-0.05, 0) is 82.6 Å². The van der Waals surface area contributed by atoms with Gasteiger partial charge < -0.3 is 30.8 Å². The van der Waals surface area contributed by atoms with E-state index in [2.05, 4.69) is 15.3 Å². The summed E-state index contributed by atoms with van der Waals surface area (Å²) in [5.74, 6) is -2.11. The number of hydrogen-bond acceptors (Lipinski definition) is 7. The first kappa shape index (κ1) is 31.5. The third-order valence-electron chi connectivity index (χ3n) is 7.35. The van der Waals surface area contributed by atoms with Crippen molar-refractivity contribution in [2.45, 2.75) is 89.8 Å². The number of nitrogens with two attached hydrogens (primary N) is 1. The van der Waals surface area contributed by atoms with E-state index in [0.717, 1.165) is 29.3 Å². The van der Waals surface area contributed by atoms with E-state index in [0.29, 0.717) is 31.2 Å². The number of ether oxygens (including phenoxy) is 1. The van der Waals surface area contributed by atoms with Gasteiger partial charge in [0.15, 0.2) is 5.69 Å². The van der Waals surface area contributed by atoms with Gasteiger partial charge in [-0.25, -0.2) is 9.78 Å². The van der Waals surface area contributed by atoms with Crippen LogP contribution in [0.1, 0.15) is 80.9 Å². The fourth-order valence-electron chi connectivity index (χ4n) is 5.13. The number of amides is 2. The van der Waals surface area contributed by atoms with Crippen LogP contribution >= 0.6 is 0 Å². The maximum atomic E-state index is 13.2. The highest BCUT2D eigenvalue weighted by atomic mass is 16.6. The van der Waals surface area contributed by atoms with Crippen LogP contribution in [0.3, 0.4) is 0 Å². The van der Waals surface area contributed by atoms with Crippen LogP contribution in [0.5, 0.6) is 0 Å². The van der Waals surface area contributed by atoms with E-state index in [1.165, 1.54) is 6.20 Å². The lowest BCUT2D eigenvalue weighted by molar-refractivity contribution is -0.139. The van der Waals surface area contributed by atoms with Crippen LogP contribution in [0.15, 0.2) is 42.7 Å². The molecule has 0 saturated heterocycles. The number of carbonyl (C=O) groups excluding carboxylic acids is 3. The van der Waals surface area contributed by atoms with Crippen molar-refractivity contribution in [2.75, 3.05) is 12.3 Å². The molecule has 0 radical (unpaired) electrons. The van der Waals surface area contributed by atoms with Gasteiger partial charge in [0.1, 0.15) is 5.60 Å². The number of rotatable bonds is 14. The Kier molecular flexibility index (Phi) is 10.1. The number of fused-ring (bicyclic) bond motifs is 1. The molecule has 2 aromatic heterocycles. The molecule has 2 amide bonds. The topological polar surface area (TPSA) is 168 Å². The van der Waals surface area contributed by atoms with Crippen LogP contribution in [0.4, 0.5) is 5.69 Å². The van der Waals surface area contributed by atoms with Gasteiger partial charge in [0, 0.05) is 41.8 Å². The Labute approximate surface area is 251 Å². The summed E-state index contributed by atoms with van der Waals surface area (Å²) in [6.07, 6.45) is 7.04. The smallest absolute Gasteiger partial charge is 0.359 e. The Hall–Kier alpha value is -4.41. The summed E-state index contributed by atoms with van der Waals surface area (Å²) >= 11 is 0. The standard InChI is InChI=1S/C32H41N5O6/c1-32(2,3)43-31(42)30-29(33)20(15-16-34-30)7-6-10-27(39)37(23-13-14-23)19-26(38)36-22(17-28(40)41)12-11-21-18-35-25-9-5-4-8-24(21)25/h4-5,8-9,15-16,18,22-23,35H,6-7,10-14,17,19,33H2,1-3H3,(H,36,38)(H,40,41)/t22-/m1/s1. The minimum Gasteiger partial charge on any atom is -0.481 e. The molecular formula is C32H41N5O6. The Morgan fingerprint density at radius 2 is 1.88 bits per heavy atom. The quantitative estimate of drug-likeness (QED) is 0.204. The fraction of sp³-hybridized carbons (Fsp3) is 0.469. The lowest BCUT2D eigenvalue weighted by Gasteiger charge is -2.24. The molecule has 3 aromatic rings. The van der Waals surface area contributed by atoms with E-state index in [1.54, 1.807) is 31.7 Å². The van der Waals surface area contributed by atoms with E-state index in [9.17, 15) is 24.3 Å². The summed E-state index contributed by atoms with van der Waals surface area (Å²) in [5.41, 5.74) is 8.58. The van der Waals surface area contributed by atoms with Crippen LogP contribution in [0.25, 0.3) is 10.9 Å². The highest BCUT2D eigenvalue weighted by Gasteiger charge is 2.34. The number of benzene rings is 1. The van der Waals surface area contributed by atoms with Crippen LogP contribution in [0, 0.1) is 0 Å². The second kappa shape index (κ2) is 13.7. The maximum absolute atomic E-state index is 13.2. The summed E-state index contributed by atoms with van der Waals surface area (Å²) in [7, 11) is 0. The lowest BCUT2D eigenvalue weighted by Crippen LogP contribution is -2.45. The molecule has 11 nitrogen and oxygen atoms in total. The van der Waals surface area contributed by atoms with Crippen molar-refractivity contribution in [1.82, 2.24) is 20.2 Å². The fourth-order valence-corrected chi connectivity index (χ4v) is 5.13. The molecule has 2 heterocycles. The summed E-state index contributed by atoms with van der Waals surface area (Å²) in [6.45, 7) is 5.17. The molecule has 1 aliphatic rings. The molecule has 1 aliphatic carbocycles. The lowest BCUT2D eigenvalue weighted by atomic mass is 10.0. The number of aromatic nitrogens is 2. The number of H-pyrrole nitrogens is 1. The number of aromatic amines is 1. The normalized spacial score (nSPS) is 13.8. The van der Waals surface area contributed by atoms with Crippen molar-refractivity contribution in [3.05, 3.63) is 59.5 Å². The Morgan fingerprint density at radius 1 is 1.14 bits per heavy atom. The number of para-hydroxylation sites is 1. The number of esters is 1. The predicted octanol–water partition coefficient (Wildman–Crippen LogP) is 4.01. The number of aliphatic carboxylic acids is 1. The van der Waals surface area contributed by atoms with E-state index in [-0.39, 0.29) is 48.6 Å². The summed E-state index contributed by atoms with van der Waals surface area (Å²) in [4.78, 5) is 59.1. The molecule has 1 aromatic carbocycles. The van der Waals surface area contributed by atoms with E-state index in [4.69, 9.17) is 10.5 Å². The van der Waals surface area contributed by atoms with Crippen molar-refractivity contribution in [2.24, 2.45) is 0 Å². The molecule has 43 heavy (non-hydrogen) atoms. The minimum atomic E-state index is -0.996. The molecule has 4 rings (SSSR count). The number of nitrogens with one attached hydrogen (secondary N) is 2. The van der Waals surface area contributed by atoms with Gasteiger partial charge in [-0.1, -0.05) is 18.2 Å². The zero-order valence-corrected chi connectivity index (χ0v) is 25.0. The Morgan fingerprint density at radius 3 is 2.58 bits per heavy atom. The summed E-state index contributed by atoms with van der Waals surface area (Å²) < 4.78 is 5.39. The van der Waals surface area contributed by atoms with Crippen molar-refractivity contribution in [3.8, 4) is 0 Å². The van der Waals surface area contributed by atoms with Gasteiger partial charge in [0.2, 0.25) is 11.8 Å². The highest BCUT2D eigenvalue weighted by molar-refractivity contribution is 5.93. The van der Waals surface area contributed by atoms with Crippen molar-refractivity contribution >= 4 is 40.3 Å². The number of anilines is 1. The highest BCUT2D eigenvalue weighted by Crippen LogP contribution is 2.28. The molecule has 0 bridgehead atoms. The molecule has 0 aliphatic heterocycles. The average molecular weight is 592 g/mol. The summed E-state index contributed by atoms with van der Waals surface area (Å²) in [6, 6.07) is 9.04. The number of pyridine rings is 1. The van der Waals surface area contributed by atoms with Crippen molar-refractivity contribution in [1.29, 1.82) is 0 Å². The number of hydrogen-bond donors (Lipinski definition) is 4. The van der Waals surface area contributed by atoms with E-state index >= 15 is 0 Å². The molecule has 1 atom stereocenters. The van der Waals surface area contributed by atoms with Crippen LogP contribution in [-0.4, -0.2) is 68.0 Å². The number of carboxylic acids is 1. The number of carboxylic acid groups (broad SMARTS) is 1. The van der Waals surface area contributed by atoms with Gasteiger partial charge in [0.25, 0.3) is 0 Å². The van der Waals surface area contributed by atoms with Crippen LogP contribution < -0.4 is 11.1 Å². The van der Waals surface area contributed by atoms with Gasteiger partial charge >= 0.3 is 11.9 Å². The van der Waals surface area contributed by atoms with Gasteiger partial charge in [0.05, 0.1) is 18.7 Å². The summed E-state index contributed by atoms with van der Waals surface area (Å²) in [5, 5.41) is 13.4. The maximum Gasteiger partial charge on any atom is 0.359 e. The van der Waals surface area contributed by atoms with Crippen molar-refractivity contribution < 1.29 is 29.0 Å². The second-order valence-corrected chi connectivity index (χ2v) is 12.1. The monoisotopic (exact) mass is 591 g/mol. The van der Waals surface area contributed by atoms with Gasteiger partial charge in [-0.3, -0.25) is 14.4 Å². The molecule has 1 fully saturated rings. The molecule has 230 valence electrons. The number of aryl methyl sites for hydroxylation is 2. The van der Waals surface area contributed by atoms with Crippen LogP contribution in [-0.2, 0) is 32.0 Å². The van der Waals surface area contributed by atoms with E-state index < -0.39 is 23.6 Å². The number of carbonyl (C=O) groups is 4. The molecule has 1 saturated carbocycles. The third-order valence-corrected chi connectivity index (χ3v) is 7.35. The van der Waals surface area contributed by atoms with Crippen molar-refractivity contribution in [3.63, 3.8) is 0 Å². The molecule has 0 unspecified atom stereocenters. The first-order chi connectivity index (χ1) is 20.4. The Bertz CT molecular complexity index is 1470. The minimum absolute atomic E-state index is 0.00663. The van der Waals surface area contributed by atoms with Gasteiger partial charge in [-0.15, -0.1) is 0 Å². The zero-order chi connectivity index (χ0) is 31.1. The third kappa shape index (κ3) is 9.04. The molecule has 0 spiro atoms. The SMILES string of the molecule is CC(C)(C)OC(=O)c1nccc(CCCC(=O)N(CC(=O)N[C@H](CCc2c[nH]c3ccccc23)CC(=O)O)C2CC2)c1N. The predicted molar refractivity (Wildman–Crippen MR) is 162 cm³/mol. The second-order valence-electron chi connectivity index (χ2n) is 12.1. The first-order valence-electron chi connectivity index (χ1n) is 14.7. The van der Waals surface area contributed by atoms with E-state index in [1.807, 2.05) is 30.5 Å². The number of nitrogen functional groups attached to an aromatic ring is 1. The molecular weight excluding hydrogens is 550 g/mol. The van der Waals surface area contributed by atoms with Crippen LogP contribution in [0.2, 0.25) is 0 Å². The molecule has 5 N–H and O–H groups in total. The zero-order valence-electron chi connectivity index (χ0n) is 25.0. The number of nitrogens with zero attached hydrogens (tertiary/aromatic N) is 2.